The molecule has 152 valence electrons. The zero-order valence-corrected chi connectivity index (χ0v) is 16.5. The average molecular weight is 395 g/mol. The van der Waals surface area contributed by atoms with Crippen LogP contribution in [0.5, 0.6) is 5.75 Å². The highest BCUT2D eigenvalue weighted by Gasteiger charge is 2.34. The minimum absolute atomic E-state index is 0.0629. The zero-order valence-electron chi connectivity index (χ0n) is 16.5. The summed E-state index contributed by atoms with van der Waals surface area (Å²) < 4.78 is 11.3. The summed E-state index contributed by atoms with van der Waals surface area (Å²) in [6.45, 7) is 4.63. The van der Waals surface area contributed by atoms with E-state index in [0.717, 1.165) is 16.9 Å². The summed E-state index contributed by atoms with van der Waals surface area (Å²) in [6, 6.07) is 15.2. The predicted octanol–water partition coefficient (Wildman–Crippen LogP) is 2.06. The number of fused-ring (bicyclic) bond motifs is 1. The second-order valence-corrected chi connectivity index (χ2v) is 7.26. The number of hydrogen-bond acceptors (Lipinski definition) is 5. The van der Waals surface area contributed by atoms with Crippen LogP contribution in [0.4, 0.5) is 11.4 Å². The lowest BCUT2D eigenvalue weighted by molar-refractivity contribution is -0.142. The first-order valence-electron chi connectivity index (χ1n) is 9.84. The van der Waals surface area contributed by atoms with Crippen molar-refractivity contribution in [2.24, 2.45) is 0 Å². The molecule has 0 aliphatic carbocycles. The smallest absolute Gasteiger partial charge is 0.265 e. The maximum absolute atomic E-state index is 12.9. The lowest BCUT2D eigenvalue weighted by Crippen LogP contribution is -2.53. The fourth-order valence-corrected chi connectivity index (χ4v) is 3.65. The highest BCUT2D eigenvalue weighted by atomic mass is 16.5. The SMILES string of the molecule is Cc1ccccc1NC(=O)CN1C[C@@H](C(=O)N2CCOCC2)Oc2ccccc21. The van der Waals surface area contributed by atoms with Crippen molar-refractivity contribution in [3.05, 3.63) is 54.1 Å². The number of aryl methyl sites for hydroxylation is 1. The van der Waals surface area contributed by atoms with Crippen molar-refractivity contribution in [2.75, 3.05) is 49.6 Å². The highest BCUT2D eigenvalue weighted by Crippen LogP contribution is 2.33. The van der Waals surface area contributed by atoms with Crippen LogP contribution in [-0.2, 0) is 14.3 Å². The van der Waals surface area contributed by atoms with Gasteiger partial charge in [-0.2, -0.15) is 0 Å². The number of para-hydroxylation sites is 3. The maximum Gasteiger partial charge on any atom is 0.265 e. The topological polar surface area (TPSA) is 71.1 Å². The van der Waals surface area contributed by atoms with Crippen molar-refractivity contribution >= 4 is 23.2 Å². The Morgan fingerprint density at radius 3 is 2.59 bits per heavy atom. The lowest BCUT2D eigenvalue weighted by atomic mass is 10.1. The summed E-state index contributed by atoms with van der Waals surface area (Å²) in [7, 11) is 0. The van der Waals surface area contributed by atoms with Crippen molar-refractivity contribution in [3.63, 3.8) is 0 Å². The number of morpholine rings is 1. The van der Waals surface area contributed by atoms with Crippen LogP contribution < -0.4 is 15.0 Å². The van der Waals surface area contributed by atoms with Crippen molar-refractivity contribution in [2.45, 2.75) is 13.0 Å². The molecule has 1 N–H and O–H groups in total. The van der Waals surface area contributed by atoms with Crippen LogP contribution in [0.3, 0.4) is 0 Å². The molecule has 0 unspecified atom stereocenters. The molecule has 0 radical (unpaired) electrons. The number of anilines is 2. The van der Waals surface area contributed by atoms with Gasteiger partial charge in [-0.05, 0) is 30.7 Å². The second kappa shape index (κ2) is 8.53. The fraction of sp³-hybridized carbons (Fsp3) is 0.364. The van der Waals surface area contributed by atoms with E-state index in [-0.39, 0.29) is 18.4 Å². The largest absolute Gasteiger partial charge is 0.477 e. The first-order chi connectivity index (χ1) is 14.1. The van der Waals surface area contributed by atoms with E-state index in [4.69, 9.17) is 9.47 Å². The van der Waals surface area contributed by atoms with E-state index in [1.54, 1.807) is 4.90 Å². The number of rotatable bonds is 4. The molecule has 1 atom stereocenters. The minimum Gasteiger partial charge on any atom is -0.477 e. The summed E-state index contributed by atoms with van der Waals surface area (Å²) in [4.78, 5) is 29.3. The molecule has 0 spiro atoms. The Kier molecular flexibility index (Phi) is 5.67. The standard InChI is InChI=1S/C22H25N3O4/c1-16-6-2-3-7-17(16)23-21(26)15-25-14-20(22(27)24-10-12-28-13-11-24)29-19-9-5-4-8-18(19)25/h2-9,20H,10-15H2,1H3,(H,23,26)/t20-/m0/s1. The Labute approximate surface area is 170 Å². The molecule has 2 aliphatic heterocycles. The van der Waals surface area contributed by atoms with Gasteiger partial charge >= 0.3 is 0 Å². The van der Waals surface area contributed by atoms with Gasteiger partial charge in [0.1, 0.15) is 5.75 Å². The maximum atomic E-state index is 12.9. The van der Waals surface area contributed by atoms with Gasteiger partial charge in [-0.3, -0.25) is 9.59 Å². The molecule has 2 aromatic carbocycles. The van der Waals surface area contributed by atoms with Crippen LogP contribution in [0.15, 0.2) is 48.5 Å². The lowest BCUT2D eigenvalue weighted by Gasteiger charge is -2.38. The first kappa shape index (κ1) is 19.3. The molecule has 2 aliphatic rings. The third-order valence-electron chi connectivity index (χ3n) is 5.21. The summed E-state index contributed by atoms with van der Waals surface area (Å²) in [5.74, 6) is 0.426. The Morgan fingerprint density at radius 1 is 1.07 bits per heavy atom. The van der Waals surface area contributed by atoms with E-state index >= 15 is 0 Å². The van der Waals surface area contributed by atoms with Crippen LogP contribution in [0.2, 0.25) is 0 Å². The van der Waals surface area contributed by atoms with Gasteiger partial charge in [0.25, 0.3) is 5.91 Å². The summed E-state index contributed by atoms with van der Waals surface area (Å²) in [5.41, 5.74) is 2.61. The molecule has 2 amide bonds. The van der Waals surface area contributed by atoms with E-state index in [0.29, 0.717) is 38.6 Å². The molecular weight excluding hydrogens is 370 g/mol. The van der Waals surface area contributed by atoms with Gasteiger partial charge in [0, 0.05) is 18.8 Å². The zero-order chi connectivity index (χ0) is 20.2. The van der Waals surface area contributed by atoms with Crippen molar-refractivity contribution in [1.82, 2.24) is 4.90 Å². The number of ether oxygens (including phenoxy) is 2. The third kappa shape index (κ3) is 4.35. The fourth-order valence-electron chi connectivity index (χ4n) is 3.65. The molecule has 0 bridgehead atoms. The number of nitrogens with one attached hydrogen (secondary N) is 1. The summed E-state index contributed by atoms with van der Waals surface area (Å²) in [6.07, 6.45) is -0.644. The van der Waals surface area contributed by atoms with Crippen LogP contribution in [0.25, 0.3) is 0 Å². The van der Waals surface area contributed by atoms with Gasteiger partial charge in [-0.25, -0.2) is 0 Å². The molecule has 0 saturated carbocycles. The van der Waals surface area contributed by atoms with E-state index in [2.05, 4.69) is 5.32 Å². The van der Waals surface area contributed by atoms with Crippen LogP contribution in [-0.4, -0.2) is 62.2 Å². The Hall–Kier alpha value is -3.06. The quantitative estimate of drug-likeness (QED) is 0.858. The van der Waals surface area contributed by atoms with Gasteiger partial charge in [0.05, 0.1) is 32.0 Å². The van der Waals surface area contributed by atoms with Crippen molar-refractivity contribution in [1.29, 1.82) is 0 Å². The normalized spacial score (nSPS) is 18.6. The number of carbonyl (C=O) groups is 2. The molecule has 0 aromatic heterocycles. The van der Waals surface area contributed by atoms with Gasteiger partial charge in [-0.15, -0.1) is 0 Å². The Bertz CT molecular complexity index is 895. The van der Waals surface area contributed by atoms with Gasteiger partial charge < -0.3 is 24.6 Å². The molecular formula is C22H25N3O4. The van der Waals surface area contributed by atoms with Crippen LogP contribution in [0, 0.1) is 6.92 Å². The van der Waals surface area contributed by atoms with Gasteiger partial charge in [-0.1, -0.05) is 30.3 Å². The summed E-state index contributed by atoms with van der Waals surface area (Å²) >= 11 is 0. The Morgan fingerprint density at radius 2 is 1.79 bits per heavy atom. The van der Waals surface area contributed by atoms with Crippen LogP contribution >= 0.6 is 0 Å². The molecule has 4 rings (SSSR count). The molecule has 7 nitrogen and oxygen atoms in total. The minimum atomic E-state index is -0.644. The highest BCUT2D eigenvalue weighted by molar-refractivity contribution is 5.95. The van der Waals surface area contributed by atoms with E-state index in [1.807, 2.05) is 60.4 Å². The predicted molar refractivity (Wildman–Crippen MR) is 110 cm³/mol. The molecule has 2 heterocycles. The molecule has 1 saturated heterocycles. The van der Waals surface area contributed by atoms with Gasteiger partial charge in [0.2, 0.25) is 5.91 Å². The number of benzene rings is 2. The van der Waals surface area contributed by atoms with E-state index in [9.17, 15) is 9.59 Å². The summed E-state index contributed by atoms with van der Waals surface area (Å²) in [5, 5.41) is 2.96. The number of nitrogens with zero attached hydrogens (tertiary/aromatic N) is 2. The Balaban J connectivity index is 1.49. The number of amides is 2. The molecule has 7 heteroatoms. The van der Waals surface area contributed by atoms with E-state index < -0.39 is 6.10 Å². The first-order valence-corrected chi connectivity index (χ1v) is 9.84. The number of hydrogen-bond donors (Lipinski definition) is 1. The van der Waals surface area contributed by atoms with Gasteiger partial charge in [0.15, 0.2) is 6.10 Å². The van der Waals surface area contributed by atoms with Crippen molar-refractivity contribution in [3.8, 4) is 5.75 Å². The third-order valence-corrected chi connectivity index (χ3v) is 5.21. The average Bonchev–Trinajstić information content (AvgIpc) is 2.75. The second-order valence-electron chi connectivity index (χ2n) is 7.26. The number of carbonyl (C=O) groups excluding carboxylic acids is 2. The molecule has 2 aromatic rings. The molecule has 1 fully saturated rings. The van der Waals surface area contributed by atoms with E-state index in [1.165, 1.54) is 0 Å². The van der Waals surface area contributed by atoms with Crippen LogP contribution in [0.1, 0.15) is 5.56 Å². The molecule has 29 heavy (non-hydrogen) atoms. The monoisotopic (exact) mass is 395 g/mol. The van der Waals surface area contributed by atoms with Crippen molar-refractivity contribution < 1.29 is 19.1 Å².